The first-order valence-corrected chi connectivity index (χ1v) is 10.3. The number of amides is 1. The molecule has 3 rings (SSSR count). The summed E-state index contributed by atoms with van der Waals surface area (Å²) >= 11 is 0. The number of aromatic nitrogens is 3. The summed E-state index contributed by atoms with van der Waals surface area (Å²) in [6.45, 7) is 6.82. The molecule has 178 valence electrons. The minimum atomic E-state index is -4.80. The van der Waals surface area contributed by atoms with E-state index >= 15 is 0 Å². The van der Waals surface area contributed by atoms with Gasteiger partial charge in [-0.05, 0) is 43.7 Å². The van der Waals surface area contributed by atoms with E-state index in [0.29, 0.717) is 12.2 Å². The van der Waals surface area contributed by atoms with Crippen molar-refractivity contribution in [2.45, 2.75) is 19.5 Å². The van der Waals surface area contributed by atoms with Crippen molar-refractivity contribution in [1.82, 2.24) is 25.6 Å². The van der Waals surface area contributed by atoms with E-state index in [1.165, 1.54) is 18.2 Å². The van der Waals surface area contributed by atoms with Crippen molar-refractivity contribution >= 4 is 28.6 Å². The number of nitrogens with two attached hydrogens (primary N) is 2. The number of hydrogen-bond donors (Lipinski definition) is 4. The number of carbonyl (C=O) groups excluding carboxylic acids is 1. The Morgan fingerprint density at radius 3 is 2.62 bits per heavy atom. The maximum atomic E-state index is 13.2. The standard InChI is InChI=1S/C23H24F3N7O/c1-3-5-14(18-12-19(28)33-22(32-18)23(24,25)26)16(4-2)31-21(34)20-15(27)6-7-17(30-20)13-8-10-29-11-9-13/h3-8,12,29H,2,9-11,27H2,1H3,(H,31,34)(H2,28,32,33)/b5-3-,16-14-. The number of carbonyl (C=O) groups is 1. The lowest BCUT2D eigenvalue weighted by Crippen LogP contribution is -2.26. The maximum absolute atomic E-state index is 13.2. The SMILES string of the molecule is C=C/C(NC(=O)c1nc(C2=CCNCC2)ccc1N)=C(\C=C/C)c1cc(N)nc(C(F)(F)F)n1. The molecule has 3 heterocycles. The van der Waals surface area contributed by atoms with E-state index in [1.807, 2.05) is 6.08 Å². The van der Waals surface area contributed by atoms with Gasteiger partial charge in [-0.3, -0.25) is 4.79 Å². The van der Waals surface area contributed by atoms with Gasteiger partial charge >= 0.3 is 6.18 Å². The number of allylic oxidation sites excluding steroid dienone is 4. The second-order valence-corrected chi connectivity index (χ2v) is 7.30. The number of alkyl halides is 3. The zero-order valence-electron chi connectivity index (χ0n) is 18.4. The van der Waals surface area contributed by atoms with Gasteiger partial charge in [-0.15, -0.1) is 0 Å². The predicted molar refractivity (Wildman–Crippen MR) is 125 cm³/mol. The molecule has 11 heteroatoms. The first-order chi connectivity index (χ1) is 16.1. The molecule has 0 fully saturated rings. The summed E-state index contributed by atoms with van der Waals surface area (Å²) in [5, 5.41) is 5.83. The highest BCUT2D eigenvalue weighted by atomic mass is 19.4. The van der Waals surface area contributed by atoms with Crippen LogP contribution in [0.5, 0.6) is 0 Å². The van der Waals surface area contributed by atoms with Gasteiger partial charge in [0.05, 0.1) is 17.1 Å². The van der Waals surface area contributed by atoms with Crippen LogP contribution in [0.1, 0.15) is 41.0 Å². The molecular weight excluding hydrogens is 447 g/mol. The molecule has 0 saturated carbocycles. The zero-order chi connectivity index (χ0) is 24.9. The summed E-state index contributed by atoms with van der Waals surface area (Å²) in [4.78, 5) is 24.3. The smallest absolute Gasteiger partial charge is 0.397 e. The summed E-state index contributed by atoms with van der Waals surface area (Å²) < 4.78 is 39.6. The van der Waals surface area contributed by atoms with Crippen molar-refractivity contribution in [2.24, 2.45) is 0 Å². The molecule has 6 N–H and O–H groups in total. The van der Waals surface area contributed by atoms with Crippen LogP contribution in [0.2, 0.25) is 0 Å². The van der Waals surface area contributed by atoms with Crippen LogP contribution in [-0.2, 0) is 6.18 Å². The van der Waals surface area contributed by atoms with Crippen LogP contribution in [0.25, 0.3) is 11.1 Å². The fraction of sp³-hybridized carbons (Fsp3) is 0.217. The Morgan fingerprint density at radius 2 is 2.00 bits per heavy atom. The van der Waals surface area contributed by atoms with Crippen LogP contribution >= 0.6 is 0 Å². The van der Waals surface area contributed by atoms with E-state index in [2.05, 4.69) is 32.2 Å². The molecule has 0 radical (unpaired) electrons. The molecule has 1 aliphatic heterocycles. The van der Waals surface area contributed by atoms with Crippen molar-refractivity contribution in [1.29, 1.82) is 0 Å². The van der Waals surface area contributed by atoms with Gasteiger partial charge < -0.3 is 22.1 Å². The van der Waals surface area contributed by atoms with Gasteiger partial charge in [-0.1, -0.05) is 24.8 Å². The molecule has 0 aliphatic carbocycles. The highest BCUT2D eigenvalue weighted by Crippen LogP contribution is 2.29. The van der Waals surface area contributed by atoms with Gasteiger partial charge in [0, 0.05) is 23.9 Å². The van der Waals surface area contributed by atoms with Gasteiger partial charge in [-0.25, -0.2) is 15.0 Å². The first-order valence-electron chi connectivity index (χ1n) is 10.3. The molecular formula is C23H24F3N7O. The number of nitrogens with one attached hydrogen (secondary N) is 2. The lowest BCUT2D eigenvalue weighted by atomic mass is 10.0. The normalized spacial score (nSPS) is 15.0. The molecule has 2 aromatic rings. The summed E-state index contributed by atoms with van der Waals surface area (Å²) in [5.41, 5.74) is 13.4. The molecule has 0 bridgehead atoms. The number of nitrogens with zero attached hydrogens (tertiary/aromatic N) is 3. The quantitative estimate of drug-likeness (QED) is 0.475. The number of rotatable bonds is 6. The number of hydrogen-bond acceptors (Lipinski definition) is 7. The third-order valence-electron chi connectivity index (χ3n) is 4.89. The van der Waals surface area contributed by atoms with E-state index in [9.17, 15) is 18.0 Å². The number of nitrogen functional groups attached to an aromatic ring is 2. The minimum absolute atomic E-state index is 0.0192. The lowest BCUT2D eigenvalue weighted by molar-refractivity contribution is -0.144. The van der Waals surface area contributed by atoms with E-state index in [1.54, 1.807) is 25.1 Å². The van der Waals surface area contributed by atoms with Gasteiger partial charge in [-0.2, -0.15) is 13.2 Å². The molecule has 1 amide bonds. The third-order valence-corrected chi connectivity index (χ3v) is 4.89. The molecule has 0 saturated heterocycles. The Bertz CT molecular complexity index is 1200. The summed E-state index contributed by atoms with van der Waals surface area (Å²) in [5.74, 6) is -2.42. The Labute approximate surface area is 194 Å². The lowest BCUT2D eigenvalue weighted by Gasteiger charge is -2.16. The van der Waals surface area contributed by atoms with Gasteiger partial charge in [0.15, 0.2) is 5.69 Å². The number of halogens is 3. The van der Waals surface area contributed by atoms with Crippen molar-refractivity contribution in [3.63, 3.8) is 0 Å². The van der Waals surface area contributed by atoms with Gasteiger partial charge in [0.1, 0.15) is 5.82 Å². The molecule has 1 aliphatic rings. The summed E-state index contributed by atoms with van der Waals surface area (Å²) in [6, 6.07) is 4.50. The van der Waals surface area contributed by atoms with Crippen molar-refractivity contribution < 1.29 is 18.0 Å². The largest absolute Gasteiger partial charge is 0.451 e. The van der Waals surface area contributed by atoms with E-state index in [4.69, 9.17) is 11.5 Å². The van der Waals surface area contributed by atoms with Crippen molar-refractivity contribution in [3.05, 3.63) is 77.7 Å². The second-order valence-electron chi connectivity index (χ2n) is 7.30. The van der Waals surface area contributed by atoms with Gasteiger partial charge in [0.2, 0.25) is 5.82 Å². The van der Waals surface area contributed by atoms with Crippen molar-refractivity contribution in [2.75, 3.05) is 24.6 Å². The average molecular weight is 471 g/mol. The molecule has 2 aromatic heterocycles. The van der Waals surface area contributed by atoms with Crippen LogP contribution in [-0.4, -0.2) is 33.9 Å². The fourth-order valence-corrected chi connectivity index (χ4v) is 3.31. The molecule has 0 spiro atoms. The van der Waals surface area contributed by atoms with Crippen molar-refractivity contribution in [3.8, 4) is 0 Å². The van der Waals surface area contributed by atoms with E-state index in [-0.39, 0.29) is 34.2 Å². The molecule has 8 nitrogen and oxygen atoms in total. The molecule has 34 heavy (non-hydrogen) atoms. The van der Waals surface area contributed by atoms with E-state index < -0.39 is 17.9 Å². The summed E-state index contributed by atoms with van der Waals surface area (Å²) in [6.07, 6.45) is 2.28. The number of anilines is 2. The Kier molecular flexibility index (Phi) is 7.47. The minimum Gasteiger partial charge on any atom is -0.397 e. The Morgan fingerprint density at radius 1 is 1.24 bits per heavy atom. The van der Waals surface area contributed by atoms with Crippen LogP contribution in [0.15, 0.2) is 54.8 Å². The number of pyridine rings is 1. The Hall–Kier alpha value is -3.99. The monoisotopic (exact) mass is 471 g/mol. The van der Waals surface area contributed by atoms with Crippen LogP contribution in [0, 0.1) is 0 Å². The van der Waals surface area contributed by atoms with Crippen LogP contribution in [0.4, 0.5) is 24.7 Å². The van der Waals surface area contributed by atoms with Crippen LogP contribution < -0.4 is 22.1 Å². The fourth-order valence-electron chi connectivity index (χ4n) is 3.31. The van der Waals surface area contributed by atoms with Crippen LogP contribution in [0.3, 0.4) is 0 Å². The van der Waals surface area contributed by atoms with E-state index in [0.717, 1.165) is 18.5 Å². The highest BCUT2D eigenvalue weighted by Gasteiger charge is 2.35. The topological polar surface area (TPSA) is 132 Å². The predicted octanol–water partition coefficient (Wildman–Crippen LogP) is 3.33. The maximum Gasteiger partial charge on any atom is 0.451 e. The second kappa shape index (κ2) is 10.3. The highest BCUT2D eigenvalue weighted by molar-refractivity contribution is 6.00. The summed E-state index contributed by atoms with van der Waals surface area (Å²) in [7, 11) is 0. The molecule has 0 unspecified atom stereocenters. The first kappa shape index (κ1) is 24.6. The molecule has 0 aromatic carbocycles. The average Bonchev–Trinajstić information content (AvgIpc) is 2.81. The van der Waals surface area contributed by atoms with Gasteiger partial charge in [0.25, 0.3) is 5.91 Å². The zero-order valence-corrected chi connectivity index (χ0v) is 18.4. The Balaban J connectivity index is 2.03. The molecule has 0 atom stereocenters. The third kappa shape index (κ3) is 5.67.